The van der Waals surface area contributed by atoms with E-state index in [4.69, 9.17) is 15.4 Å². The Labute approximate surface area is 197 Å². The van der Waals surface area contributed by atoms with Gasteiger partial charge < -0.3 is 20.7 Å². The van der Waals surface area contributed by atoms with Crippen LogP contribution >= 0.6 is 0 Å². The first kappa shape index (κ1) is 24.8. The molecule has 178 valence electrons. The second kappa shape index (κ2) is 10.9. The van der Waals surface area contributed by atoms with Crippen LogP contribution in [-0.2, 0) is 16.3 Å². The highest BCUT2D eigenvalue weighted by atomic mass is 32.2. The molecule has 0 saturated heterocycles. The second-order valence-corrected chi connectivity index (χ2v) is 9.45. The van der Waals surface area contributed by atoms with E-state index in [1.54, 1.807) is 26.0 Å². The molecule has 0 unspecified atom stereocenters. The highest BCUT2D eigenvalue weighted by Gasteiger charge is 2.14. The Balaban J connectivity index is 0.000000302. The van der Waals surface area contributed by atoms with Gasteiger partial charge in [-0.1, -0.05) is 35.5 Å². The molecule has 11 heteroatoms. The lowest BCUT2D eigenvalue weighted by Gasteiger charge is -2.09. The number of nitrogens with one attached hydrogen (secondary N) is 1. The van der Waals surface area contributed by atoms with E-state index >= 15 is 0 Å². The number of benzene rings is 2. The van der Waals surface area contributed by atoms with Crippen LogP contribution in [-0.4, -0.2) is 46.5 Å². The number of nitrogens with two attached hydrogens (primary N) is 1. The minimum absolute atomic E-state index is 0.197. The molecule has 0 atom stereocenters. The molecule has 4 aromatic rings. The van der Waals surface area contributed by atoms with Gasteiger partial charge in [0.1, 0.15) is 5.82 Å². The molecule has 4 N–H and O–H groups in total. The average Bonchev–Trinajstić information content (AvgIpc) is 3.20. The molecule has 2 aromatic heterocycles. The van der Waals surface area contributed by atoms with Crippen LogP contribution in [0.3, 0.4) is 0 Å². The third-order valence-electron chi connectivity index (χ3n) is 4.66. The zero-order valence-electron chi connectivity index (χ0n) is 19.1. The molecule has 34 heavy (non-hydrogen) atoms. The number of sulfone groups is 1. The Morgan fingerprint density at radius 1 is 1.09 bits per heavy atom. The van der Waals surface area contributed by atoms with Gasteiger partial charge >= 0.3 is 0 Å². The molecule has 0 aliphatic heterocycles. The Morgan fingerprint density at radius 3 is 2.38 bits per heavy atom. The van der Waals surface area contributed by atoms with Crippen LogP contribution in [0.5, 0.6) is 0 Å². The van der Waals surface area contributed by atoms with Crippen molar-refractivity contribution < 1.29 is 18.0 Å². The fourth-order valence-corrected chi connectivity index (χ4v) is 4.04. The number of aliphatic hydroxyl groups is 1. The topological polar surface area (TPSA) is 157 Å². The van der Waals surface area contributed by atoms with Gasteiger partial charge in [0.2, 0.25) is 17.7 Å². The number of hydrogen-bond acceptors (Lipinski definition) is 10. The molecular weight excluding hydrogens is 456 g/mol. The minimum atomic E-state index is -3.27. The summed E-state index contributed by atoms with van der Waals surface area (Å²) in [5.41, 5.74) is 8.86. The van der Waals surface area contributed by atoms with Gasteiger partial charge in [0, 0.05) is 31.7 Å². The Hall–Kier alpha value is -3.83. The third-order valence-corrected chi connectivity index (χ3v) is 5.92. The summed E-state index contributed by atoms with van der Waals surface area (Å²) in [7, 11) is -3.27. The van der Waals surface area contributed by atoms with Gasteiger partial charge in [0.05, 0.1) is 10.5 Å². The lowest BCUT2D eigenvalue weighted by molar-refractivity contribution is 0.299. The molecule has 0 aliphatic rings. The summed E-state index contributed by atoms with van der Waals surface area (Å²) in [6, 6.07) is 14.8. The minimum Gasteiger partial charge on any atom is -0.396 e. The maximum absolute atomic E-state index is 11.7. The molecule has 0 aliphatic carbocycles. The summed E-state index contributed by atoms with van der Waals surface area (Å²) in [5, 5.41) is 15.3. The van der Waals surface area contributed by atoms with Crippen LogP contribution < -0.4 is 11.1 Å². The van der Waals surface area contributed by atoms with Crippen molar-refractivity contribution in [2.24, 2.45) is 0 Å². The Kier molecular flexibility index (Phi) is 7.92. The SMILES string of the molecule is Cc1nc(-c2cnc(Nc3ccc(S(C)(=O)=O)c(C)c3)nc2N)no1.OCCc1ccccc1. The predicted octanol–water partition coefficient (Wildman–Crippen LogP) is 3.09. The molecule has 0 amide bonds. The number of nitrogens with zero attached hydrogens (tertiary/aromatic N) is 4. The number of aromatic nitrogens is 4. The summed E-state index contributed by atoms with van der Waals surface area (Å²) in [6.07, 6.45) is 3.43. The van der Waals surface area contributed by atoms with Crippen LogP contribution in [0.15, 0.2) is 64.1 Å². The zero-order valence-corrected chi connectivity index (χ0v) is 19.9. The van der Waals surface area contributed by atoms with Gasteiger partial charge in [-0.25, -0.2) is 13.4 Å². The van der Waals surface area contributed by atoms with Gasteiger partial charge in [0.15, 0.2) is 9.84 Å². The van der Waals surface area contributed by atoms with Crippen molar-refractivity contribution >= 4 is 27.3 Å². The highest BCUT2D eigenvalue weighted by molar-refractivity contribution is 7.90. The molecule has 2 aromatic carbocycles. The lowest BCUT2D eigenvalue weighted by atomic mass is 10.2. The van der Waals surface area contributed by atoms with E-state index < -0.39 is 9.84 Å². The smallest absolute Gasteiger partial charge is 0.229 e. The lowest BCUT2D eigenvalue weighted by Crippen LogP contribution is -2.04. The van der Waals surface area contributed by atoms with E-state index in [-0.39, 0.29) is 23.3 Å². The van der Waals surface area contributed by atoms with Crippen LogP contribution in [0.25, 0.3) is 11.4 Å². The second-order valence-electron chi connectivity index (χ2n) is 7.47. The van der Waals surface area contributed by atoms with E-state index in [9.17, 15) is 8.42 Å². The van der Waals surface area contributed by atoms with Crippen molar-refractivity contribution in [3.05, 3.63) is 71.7 Å². The summed E-state index contributed by atoms with van der Waals surface area (Å²) in [4.78, 5) is 12.7. The molecule has 0 fully saturated rings. The molecule has 0 saturated carbocycles. The van der Waals surface area contributed by atoms with Crippen molar-refractivity contribution in [3.63, 3.8) is 0 Å². The van der Waals surface area contributed by atoms with Gasteiger partial charge in [-0.2, -0.15) is 9.97 Å². The molecule has 10 nitrogen and oxygen atoms in total. The standard InChI is InChI=1S/C15H16N6O3S.C8H10O/c1-8-6-10(4-5-12(8)25(3,22)23)19-15-17-7-11(13(16)20-15)14-18-9(2)24-21-14;9-7-6-8-4-2-1-3-5-8/h4-7H,1-3H3,(H3,16,17,19,20);1-5,9H,6-7H2. The molecule has 0 radical (unpaired) electrons. The van der Waals surface area contributed by atoms with Crippen molar-refractivity contribution in [2.45, 2.75) is 25.2 Å². The van der Waals surface area contributed by atoms with Crippen LogP contribution in [0, 0.1) is 13.8 Å². The van der Waals surface area contributed by atoms with Crippen molar-refractivity contribution in [1.29, 1.82) is 0 Å². The van der Waals surface area contributed by atoms with Gasteiger partial charge in [-0.05, 0) is 42.7 Å². The summed E-state index contributed by atoms with van der Waals surface area (Å²) >= 11 is 0. The van der Waals surface area contributed by atoms with Gasteiger partial charge in [-0.15, -0.1) is 0 Å². The monoisotopic (exact) mass is 482 g/mol. The molecule has 4 rings (SSSR count). The summed E-state index contributed by atoms with van der Waals surface area (Å²) < 4.78 is 28.2. The number of aliphatic hydroxyl groups excluding tert-OH is 1. The molecule has 0 bridgehead atoms. The first-order chi connectivity index (χ1) is 16.2. The number of nitrogen functional groups attached to an aromatic ring is 1. The summed E-state index contributed by atoms with van der Waals surface area (Å²) in [5.74, 6) is 1.20. The maximum atomic E-state index is 11.7. The van der Waals surface area contributed by atoms with E-state index in [1.165, 1.54) is 24.1 Å². The maximum Gasteiger partial charge on any atom is 0.229 e. The Morgan fingerprint density at radius 2 is 1.82 bits per heavy atom. The van der Waals surface area contributed by atoms with Crippen LogP contribution in [0.1, 0.15) is 17.0 Å². The van der Waals surface area contributed by atoms with E-state index in [0.717, 1.165) is 6.42 Å². The van der Waals surface area contributed by atoms with Crippen LogP contribution in [0.4, 0.5) is 17.5 Å². The third kappa shape index (κ3) is 6.59. The fraction of sp³-hybridized carbons (Fsp3) is 0.217. The largest absolute Gasteiger partial charge is 0.396 e. The number of aryl methyl sites for hydroxylation is 2. The van der Waals surface area contributed by atoms with Crippen molar-refractivity contribution in [1.82, 2.24) is 20.1 Å². The summed E-state index contributed by atoms with van der Waals surface area (Å²) in [6.45, 7) is 3.63. The average molecular weight is 483 g/mol. The molecule has 2 heterocycles. The van der Waals surface area contributed by atoms with Crippen molar-refractivity contribution in [3.8, 4) is 11.4 Å². The molecule has 0 spiro atoms. The van der Waals surface area contributed by atoms with E-state index in [1.807, 2.05) is 30.3 Å². The number of rotatable bonds is 6. The fourth-order valence-electron chi connectivity index (χ4n) is 3.08. The normalized spacial score (nSPS) is 10.9. The van der Waals surface area contributed by atoms with Gasteiger partial charge in [-0.3, -0.25) is 0 Å². The first-order valence-corrected chi connectivity index (χ1v) is 12.2. The first-order valence-electron chi connectivity index (χ1n) is 10.3. The van der Waals surface area contributed by atoms with Gasteiger partial charge in [0.25, 0.3) is 0 Å². The van der Waals surface area contributed by atoms with E-state index in [2.05, 4.69) is 25.4 Å². The number of anilines is 3. The molecular formula is C23H26N6O4S. The van der Waals surface area contributed by atoms with E-state index in [0.29, 0.717) is 28.5 Å². The number of hydrogen-bond donors (Lipinski definition) is 3. The van der Waals surface area contributed by atoms with Crippen molar-refractivity contribution in [2.75, 3.05) is 23.9 Å². The quantitative estimate of drug-likeness (QED) is 0.373. The highest BCUT2D eigenvalue weighted by Crippen LogP contribution is 2.24. The predicted molar refractivity (Wildman–Crippen MR) is 129 cm³/mol. The zero-order chi connectivity index (χ0) is 24.7. The Bertz CT molecular complexity index is 1360. The van der Waals surface area contributed by atoms with Crippen LogP contribution in [0.2, 0.25) is 0 Å².